The zero-order chi connectivity index (χ0) is 15.8. The lowest BCUT2D eigenvalue weighted by Gasteiger charge is -2.23. The van der Waals surface area contributed by atoms with Crippen molar-refractivity contribution in [2.75, 3.05) is 0 Å². The monoisotopic (exact) mass is 310 g/mol. The summed E-state index contributed by atoms with van der Waals surface area (Å²) in [5.74, 6) is 4.42. The summed E-state index contributed by atoms with van der Waals surface area (Å²) in [5.41, 5.74) is 2.08. The summed E-state index contributed by atoms with van der Waals surface area (Å²) in [5, 5.41) is 0.499. The van der Waals surface area contributed by atoms with Crippen molar-refractivity contribution in [1.82, 2.24) is 9.97 Å². The van der Waals surface area contributed by atoms with Crippen molar-refractivity contribution in [3.8, 4) is 0 Å². The first-order chi connectivity index (χ1) is 10.9. The van der Waals surface area contributed by atoms with Gasteiger partial charge in [0.2, 0.25) is 0 Å². The van der Waals surface area contributed by atoms with Crippen LogP contribution in [0.25, 0.3) is 0 Å². The van der Waals surface area contributed by atoms with E-state index in [0.29, 0.717) is 5.25 Å². The molecule has 0 fully saturated rings. The van der Waals surface area contributed by atoms with Crippen LogP contribution in [-0.2, 0) is 0 Å². The van der Waals surface area contributed by atoms with Gasteiger partial charge in [-0.25, -0.2) is 0 Å². The van der Waals surface area contributed by atoms with E-state index in [4.69, 9.17) is 0 Å². The van der Waals surface area contributed by atoms with Crippen LogP contribution in [0.4, 0.5) is 0 Å². The van der Waals surface area contributed by atoms with Crippen LogP contribution < -0.4 is 0 Å². The first-order valence-electron chi connectivity index (χ1n) is 7.55. The molecule has 0 radical (unpaired) electrons. The van der Waals surface area contributed by atoms with E-state index < -0.39 is 0 Å². The average molecular weight is 310 g/mol. The molecule has 2 heterocycles. The molecule has 1 aliphatic rings. The number of rotatable bonds is 4. The SMILES string of the molecule is C=S(C1C=CC=C1)C(c1ccccn1)c1ccccn1.CC. The number of hydrogen-bond acceptors (Lipinski definition) is 2. The number of nitrogens with zero attached hydrogens (tertiary/aromatic N) is 2. The fraction of sp³-hybridized carbons (Fsp3) is 0.211. The fourth-order valence-corrected chi connectivity index (χ4v) is 4.09. The summed E-state index contributed by atoms with van der Waals surface area (Å²) in [6, 6.07) is 12.1. The molecule has 0 bridgehead atoms. The highest BCUT2D eigenvalue weighted by atomic mass is 32.2. The standard InChI is InChI=1S/C17H16N2S.C2H6/c1-20(14-8-2-3-9-14)17(15-10-4-6-12-18-15)16-11-5-7-13-19-16;1-2/h2-14,17H,1H2;1-2H3. The second-order valence-corrected chi connectivity index (χ2v) is 6.55. The van der Waals surface area contributed by atoms with Gasteiger partial charge in [-0.3, -0.25) is 9.97 Å². The number of hydrogen-bond donors (Lipinski definition) is 0. The van der Waals surface area contributed by atoms with Crippen molar-refractivity contribution < 1.29 is 0 Å². The van der Waals surface area contributed by atoms with Gasteiger partial charge in [0.15, 0.2) is 0 Å². The molecular formula is C19H22N2S. The van der Waals surface area contributed by atoms with E-state index in [1.807, 2.05) is 50.5 Å². The predicted molar refractivity (Wildman–Crippen MR) is 98.4 cm³/mol. The highest BCUT2D eigenvalue weighted by molar-refractivity contribution is 8.15. The maximum Gasteiger partial charge on any atom is 0.0845 e. The maximum absolute atomic E-state index is 4.53. The molecule has 0 saturated heterocycles. The molecule has 0 N–H and O–H groups in total. The van der Waals surface area contributed by atoms with E-state index in [0.717, 1.165) is 11.4 Å². The van der Waals surface area contributed by atoms with Gasteiger partial charge in [-0.1, -0.05) is 56.2 Å². The second kappa shape index (κ2) is 8.44. The van der Waals surface area contributed by atoms with E-state index in [2.05, 4.69) is 52.3 Å². The molecule has 1 atom stereocenters. The molecule has 114 valence electrons. The normalized spacial score (nSPS) is 14.7. The largest absolute Gasteiger partial charge is 0.260 e. The Labute approximate surface area is 135 Å². The first kappa shape index (κ1) is 16.4. The number of aromatic nitrogens is 2. The third-order valence-electron chi connectivity index (χ3n) is 3.28. The van der Waals surface area contributed by atoms with E-state index in [1.54, 1.807) is 0 Å². The molecule has 3 heteroatoms. The zero-order valence-electron chi connectivity index (χ0n) is 13.1. The fourth-order valence-electron chi connectivity index (χ4n) is 2.29. The van der Waals surface area contributed by atoms with Crippen LogP contribution in [-0.4, -0.2) is 21.1 Å². The second-order valence-electron chi connectivity index (χ2n) is 4.59. The summed E-state index contributed by atoms with van der Waals surface area (Å²) < 4.78 is 0. The number of allylic oxidation sites excluding steroid dienone is 2. The molecule has 2 aromatic heterocycles. The van der Waals surface area contributed by atoms with Gasteiger partial charge < -0.3 is 0 Å². The van der Waals surface area contributed by atoms with Gasteiger partial charge in [-0.15, -0.1) is 0 Å². The molecule has 2 aromatic rings. The van der Waals surface area contributed by atoms with Crippen molar-refractivity contribution in [3.05, 3.63) is 84.5 Å². The number of pyridine rings is 2. The van der Waals surface area contributed by atoms with Crippen molar-refractivity contribution in [2.45, 2.75) is 24.3 Å². The van der Waals surface area contributed by atoms with E-state index in [1.165, 1.54) is 0 Å². The minimum absolute atomic E-state index is 0.134. The Morgan fingerprint density at radius 2 is 1.41 bits per heavy atom. The topological polar surface area (TPSA) is 25.8 Å². The van der Waals surface area contributed by atoms with Crippen LogP contribution in [0, 0.1) is 0 Å². The molecule has 0 aromatic carbocycles. The van der Waals surface area contributed by atoms with E-state index >= 15 is 0 Å². The van der Waals surface area contributed by atoms with Crippen LogP contribution in [0.3, 0.4) is 0 Å². The third kappa shape index (κ3) is 3.80. The van der Waals surface area contributed by atoms with E-state index in [9.17, 15) is 0 Å². The Bertz CT molecular complexity index is 596. The van der Waals surface area contributed by atoms with E-state index in [-0.39, 0.29) is 15.7 Å². The molecule has 0 spiro atoms. The summed E-state index contributed by atoms with van der Waals surface area (Å²) in [7, 11) is -0.134. The molecule has 22 heavy (non-hydrogen) atoms. The molecule has 1 unspecified atom stereocenters. The molecule has 0 saturated carbocycles. The lowest BCUT2D eigenvalue weighted by molar-refractivity contribution is 0.986. The van der Waals surface area contributed by atoms with Crippen LogP contribution >= 0.6 is 10.5 Å². The lowest BCUT2D eigenvalue weighted by atomic mass is 10.2. The Morgan fingerprint density at radius 1 is 0.909 bits per heavy atom. The van der Waals surface area contributed by atoms with Crippen LogP contribution in [0.1, 0.15) is 30.5 Å². The maximum atomic E-state index is 4.53. The summed E-state index contributed by atoms with van der Waals surface area (Å²) in [6.45, 7) is 4.00. The Morgan fingerprint density at radius 3 is 1.82 bits per heavy atom. The van der Waals surface area contributed by atoms with Crippen LogP contribution in [0.15, 0.2) is 73.1 Å². The van der Waals surface area contributed by atoms with Gasteiger partial charge in [0, 0.05) is 17.6 Å². The summed E-state index contributed by atoms with van der Waals surface area (Å²) >= 11 is 0. The van der Waals surface area contributed by atoms with Crippen molar-refractivity contribution in [1.29, 1.82) is 0 Å². The Kier molecular flexibility index (Phi) is 6.28. The summed E-state index contributed by atoms with van der Waals surface area (Å²) in [6.07, 6.45) is 12.3. The van der Waals surface area contributed by atoms with Gasteiger partial charge in [-0.05, 0) is 24.3 Å². The molecule has 3 rings (SSSR count). The van der Waals surface area contributed by atoms with Gasteiger partial charge in [0.05, 0.1) is 16.6 Å². The minimum atomic E-state index is -0.134. The van der Waals surface area contributed by atoms with Gasteiger partial charge in [0.1, 0.15) is 0 Å². The molecule has 2 nitrogen and oxygen atoms in total. The third-order valence-corrected chi connectivity index (χ3v) is 5.38. The van der Waals surface area contributed by atoms with Crippen LogP contribution in [0.5, 0.6) is 0 Å². The predicted octanol–water partition coefficient (Wildman–Crippen LogP) is 4.79. The Hall–Kier alpha value is -2.00. The molecular weight excluding hydrogens is 288 g/mol. The molecule has 0 aliphatic heterocycles. The van der Waals surface area contributed by atoms with Gasteiger partial charge in [-0.2, -0.15) is 10.5 Å². The van der Waals surface area contributed by atoms with Crippen molar-refractivity contribution >= 4 is 16.4 Å². The minimum Gasteiger partial charge on any atom is -0.260 e. The zero-order valence-corrected chi connectivity index (χ0v) is 13.9. The van der Waals surface area contributed by atoms with Gasteiger partial charge >= 0.3 is 0 Å². The molecule has 1 aliphatic carbocycles. The van der Waals surface area contributed by atoms with Crippen LogP contribution in [0.2, 0.25) is 0 Å². The highest BCUT2D eigenvalue weighted by Gasteiger charge is 2.23. The average Bonchev–Trinajstić information content (AvgIpc) is 3.13. The smallest absolute Gasteiger partial charge is 0.0845 e. The van der Waals surface area contributed by atoms with Crippen molar-refractivity contribution in [2.24, 2.45) is 0 Å². The van der Waals surface area contributed by atoms with Crippen molar-refractivity contribution in [3.63, 3.8) is 0 Å². The first-order valence-corrected chi connectivity index (χ1v) is 9.07. The quantitative estimate of drug-likeness (QED) is 0.759. The Balaban J connectivity index is 0.000000847. The van der Waals surface area contributed by atoms with Gasteiger partial charge in [0.25, 0.3) is 0 Å². The molecule has 0 amide bonds. The highest BCUT2D eigenvalue weighted by Crippen LogP contribution is 2.42. The summed E-state index contributed by atoms with van der Waals surface area (Å²) in [4.78, 5) is 9.05. The lowest BCUT2D eigenvalue weighted by Crippen LogP contribution is -2.08.